The molecule has 0 atom stereocenters. The Balaban J connectivity index is 2.76. The molecule has 0 fully saturated rings. The predicted molar refractivity (Wildman–Crippen MR) is 81.8 cm³/mol. The third-order valence-electron chi connectivity index (χ3n) is 3.32. The number of rotatable bonds is 7. The Kier molecular flexibility index (Phi) is 6.01. The smallest absolute Gasteiger partial charge is 0.276 e. The van der Waals surface area contributed by atoms with Gasteiger partial charge in [-0.05, 0) is 39.9 Å². The van der Waals surface area contributed by atoms with Crippen molar-refractivity contribution in [3.63, 3.8) is 0 Å². The van der Waals surface area contributed by atoms with E-state index in [0.717, 1.165) is 25.2 Å². The Bertz CT molecular complexity index is 439. The number of carbonyl (C=O) groups is 1. The highest BCUT2D eigenvalue weighted by atomic mass is 16.2. The molecule has 3 N–H and O–H groups in total. The number of aromatic amines is 1. The molecular weight excluding hydrogens is 254 g/mol. The van der Waals surface area contributed by atoms with Gasteiger partial charge in [0.25, 0.3) is 5.91 Å². The summed E-state index contributed by atoms with van der Waals surface area (Å²) in [5, 5.41) is 6.97. The summed E-state index contributed by atoms with van der Waals surface area (Å²) in [6.07, 6.45) is 0.938. The molecule has 0 aromatic carbocycles. The second kappa shape index (κ2) is 7.28. The molecular formula is C14H27N5O. The summed E-state index contributed by atoms with van der Waals surface area (Å²) in [5.74, 6) is 0.139. The maximum absolute atomic E-state index is 12.5. The monoisotopic (exact) mass is 281 g/mol. The lowest BCUT2D eigenvalue weighted by Crippen LogP contribution is -2.34. The molecule has 1 heterocycles. The summed E-state index contributed by atoms with van der Waals surface area (Å²) < 4.78 is 0. The van der Waals surface area contributed by atoms with Gasteiger partial charge in [-0.2, -0.15) is 5.10 Å². The van der Waals surface area contributed by atoms with Crippen LogP contribution in [-0.4, -0.2) is 59.6 Å². The first-order chi connectivity index (χ1) is 9.38. The number of hydrogen-bond acceptors (Lipinski definition) is 4. The van der Waals surface area contributed by atoms with Crippen LogP contribution in [0.3, 0.4) is 0 Å². The van der Waals surface area contributed by atoms with Crippen LogP contribution in [0.2, 0.25) is 0 Å². The SMILES string of the molecule is CCN(CCCN(C)C)C(=O)c1n[nH]c(C(C)C)c1N. The molecule has 0 spiro atoms. The molecule has 1 amide bonds. The quantitative estimate of drug-likeness (QED) is 0.794. The van der Waals surface area contributed by atoms with Gasteiger partial charge in [-0.25, -0.2) is 0 Å². The second-order valence-corrected chi connectivity index (χ2v) is 5.60. The zero-order chi connectivity index (χ0) is 15.3. The summed E-state index contributed by atoms with van der Waals surface area (Å²) in [4.78, 5) is 16.4. The Labute approximate surface area is 121 Å². The molecule has 0 aliphatic carbocycles. The number of nitrogens with zero attached hydrogens (tertiary/aromatic N) is 3. The van der Waals surface area contributed by atoms with Crippen molar-refractivity contribution >= 4 is 11.6 Å². The predicted octanol–water partition coefficient (Wildman–Crippen LogP) is 1.53. The van der Waals surface area contributed by atoms with Crippen LogP contribution < -0.4 is 5.73 Å². The van der Waals surface area contributed by atoms with Crippen molar-refractivity contribution in [2.24, 2.45) is 0 Å². The van der Waals surface area contributed by atoms with Crippen LogP contribution in [-0.2, 0) is 0 Å². The van der Waals surface area contributed by atoms with E-state index >= 15 is 0 Å². The summed E-state index contributed by atoms with van der Waals surface area (Å²) in [6.45, 7) is 8.35. The lowest BCUT2D eigenvalue weighted by molar-refractivity contribution is 0.0754. The molecule has 114 valence electrons. The van der Waals surface area contributed by atoms with Gasteiger partial charge in [0.2, 0.25) is 0 Å². The highest BCUT2D eigenvalue weighted by Gasteiger charge is 2.22. The average molecular weight is 281 g/mol. The largest absolute Gasteiger partial charge is 0.395 e. The fourth-order valence-corrected chi connectivity index (χ4v) is 2.10. The lowest BCUT2D eigenvalue weighted by Gasteiger charge is -2.21. The number of hydrogen-bond donors (Lipinski definition) is 2. The number of carbonyl (C=O) groups excluding carboxylic acids is 1. The van der Waals surface area contributed by atoms with Gasteiger partial charge in [-0.3, -0.25) is 9.89 Å². The summed E-state index contributed by atoms with van der Waals surface area (Å²) in [7, 11) is 4.05. The molecule has 0 saturated carbocycles. The molecule has 1 rings (SSSR count). The minimum absolute atomic E-state index is 0.0908. The lowest BCUT2D eigenvalue weighted by atomic mass is 10.1. The molecule has 6 heteroatoms. The number of nitrogen functional groups attached to an aromatic ring is 1. The van der Waals surface area contributed by atoms with Crippen LogP contribution in [0.5, 0.6) is 0 Å². The minimum atomic E-state index is -0.0908. The van der Waals surface area contributed by atoms with Gasteiger partial charge >= 0.3 is 0 Å². The molecule has 20 heavy (non-hydrogen) atoms. The molecule has 0 aliphatic rings. The van der Waals surface area contributed by atoms with Crippen LogP contribution in [0.1, 0.15) is 49.3 Å². The summed E-state index contributed by atoms with van der Waals surface area (Å²) in [5.41, 5.74) is 7.69. The first kappa shape index (κ1) is 16.5. The molecule has 6 nitrogen and oxygen atoms in total. The van der Waals surface area contributed by atoms with Crippen LogP contribution in [0.25, 0.3) is 0 Å². The molecule has 0 unspecified atom stereocenters. The molecule has 0 bridgehead atoms. The first-order valence-electron chi connectivity index (χ1n) is 7.16. The normalized spacial score (nSPS) is 11.3. The second-order valence-electron chi connectivity index (χ2n) is 5.60. The van der Waals surface area contributed by atoms with Crippen LogP contribution >= 0.6 is 0 Å². The Morgan fingerprint density at radius 3 is 2.45 bits per heavy atom. The van der Waals surface area contributed by atoms with Crippen molar-refractivity contribution in [3.8, 4) is 0 Å². The highest BCUT2D eigenvalue weighted by Crippen LogP contribution is 2.23. The van der Waals surface area contributed by atoms with E-state index < -0.39 is 0 Å². The van der Waals surface area contributed by atoms with Crippen LogP contribution in [0.4, 0.5) is 5.69 Å². The molecule has 0 aliphatic heterocycles. The van der Waals surface area contributed by atoms with E-state index in [9.17, 15) is 4.79 Å². The summed E-state index contributed by atoms with van der Waals surface area (Å²) >= 11 is 0. The average Bonchev–Trinajstić information content (AvgIpc) is 2.75. The standard InChI is InChI=1S/C14H27N5O/c1-6-19(9-7-8-18(4)5)14(20)13-11(15)12(10(2)3)16-17-13/h10H,6-9,15H2,1-5H3,(H,16,17). The van der Waals surface area contributed by atoms with Gasteiger partial charge in [0.15, 0.2) is 5.69 Å². The zero-order valence-corrected chi connectivity index (χ0v) is 13.2. The van der Waals surface area contributed by atoms with Gasteiger partial charge < -0.3 is 15.5 Å². The van der Waals surface area contributed by atoms with E-state index in [1.807, 2.05) is 34.9 Å². The van der Waals surface area contributed by atoms with Crippen molar-refractivity contribution in [1.29, 1.82) is 0 Å². The van der Waals surface area contributed by atoms with E-state index in [1.165, 1.54) is 0 Å². The number of anilines is 1. The summed E-state index contributed by atoms with van der Waals surface area (Å²) in [6, 6.07) is 0. The van der Waals surface area contributed by atoms with Crippen LogP contribution in [0.15, 0.2) is 0 Å². The van der Waals surface area contributed by atoms with E-state index in [2.05, 4.69) is 15.1 Å². The Morgan fingerprint density at radius 1 is 1.35 bits per heavy atom. The van der Waals surface area contributed by atoms with Gasteiger partial charge in [0.1, 0.15) is 0 Å². The maximum atomic E-state index is 12.5. The van der Waals surface area contributed by atoms with Crippen molar-refractivity contribution in [2.75, 3.05) is 39.5 Å². The number of aromatic nitrogens is 2. The van der Waals surface area contributed by atoms with Gasteiger partial charge in [-0.15, -0.1) is 0 Å². The number of nitrogens with two attached hydrogens (primary N) is 1. The zero-order valence-electron chi connectivity index (χ0n) is 13.2. The molecule has 1 aromatic heterocycles. The number of nitrogens with one attached hydrogen (secondary N) is 1. The fraction of sp³-hybridized carbons (Fsp3) is 0.714. The van der Waals surface area contributed by atoms with E-state index in [1.54, 1.807) is 4.90 Å². The Hall–Kier alpha value is -1.56. The van der Waals surface area contributed by atoms with Gasteiger partial charge in [-0.1, -0.05) is 13.8 Å². The Morgan fingerprint density at radius 2 is 2.00 bits per heavy atom. The maximum Gasteiger partial charge on any atom is 0.276 e. The first-order valence-corrected chi connectivity index (χ1v) is 7.16. The van der Waals surface area contributed by atoms with Crippen molar-refractivity contribution < 1.29 is 4.79 Å². The topological polar surface area (TPSA) is 78.2 Å². The van der Waals surface area contributed by atoms with Crippen LogP contribution in [0, 0.1) is 0 Å². The van der Waals surface area contributed by atoms with Crippen molar-refractivity contribution in [3.05, 3.63) is 11.4 Å². The molecule has 0 saturated heterocycles. The molecule has 0 radical (unpaired) electrons. The number of amides is 1. The van der Waals surface area contributed by atoms with Gasteiger partial charge in [0, 0.05) is 13.1 Å². The fourth-order valence-electron chi connectivity index (χ4n) is 2.10. The molecule has 1 aromatic rings. The third-order valence-corrected chi connectivity index (χ3v) is 3.32. The van der Waals surface area contributed by atoms with Crippen molar-refractivity contribution in [1.82, 2.24) is 20.0 Å². The third kappa shape index (κ3) is 3.96. The van der Waals surface area contributed by atoms with E-state index in [-0.39, 0.29) is 11.8 Å². The number of H-pyrrole nitrogens is 1. The van der Waals surface area contributed by atoms with E-state index in [4.69, 9.17) is 5.73 Å². The minimum Gasteiger partial charge on any atom is -0.395 e. The van der Waals surface area contributed by atoms with E-state index in [0.29, 0.717) is 17.9 Å². The highest BCUT2D eigenvalue weighted by molar-refractivity contribution is 5.97. The van der Waals surface area contributed by atoms with Gasteiger partial charge in [0.05, 0.1) is 11.4 Å². The van der Waals surface area contributed by atoms with Crippen molar-refractivity contribution in [2.45, 2.75) is 33.1 Å².